The summed E-state index contributed by atoms with van der Waals surface area (Å²) in [5, 5.41) is 17.2. The molecule has 40 heavy (non-hydrogen) atoms. The van der Waals surface area contributed by atoms with E-state index in [2.05, 4.69) is 45.3 Å². The topological polar surface area (TPSA) is 83.3 Å². The summed E-state index contributed by atoms with van der Waals surface area (Å²) >= 11 is 0. The van der Waals surface area contributed by atoms with E-state index in [1.807, 2.05) is 54.6 Å². The second-order valence-corrected chi connectivity index (χ2v) is 9.10. The minimum atomic E-state index is -10.7. The number of hydrogen-bond donors (Lipinski definition) is 0. The van der Waals surface area contributed by atoms with Gasteiger partial charge in [-0.25, -0.2) is 12.4 Å². The van der Waals surface area contributed by atoms with Crippen LogP contribution in [0.2, 0.25) is 0 Å². The van der Waals surface area contributed by atoms with Crippen molar-refractivity contribution in [2.24, 2.45) is 0 Å². The molecule has 5 aromatic rings. The molecule has 5 rings (SSSR count). The Hall–Kier alpha value is -3.62. The molecule has 0 fully saturated rings. The van der Waals surface area contributed by atoms with E-state index in [1.165, 1.54) is 0 Å². The number of halogens is 6. The largest absolute Gasteiger partial charge is 3.00 e. The Balaban J connectivity index is 0.000000534. The van der Waals surface area contributed by atoms with Crippen LogP contribution in [0.15, 0.2) is 97.5 Å². The zero-order valence-electron chi connectivity index (χ0n) is 21.2. The maximum Gasteiger partial charge on any atom is 3.00 e. The first kappa shape index (κ1) is 36.4. The summed E-state index contributed by atoms with van der Waals surface area (Å²) < 4.78 is 59.2. The van der Waals surface area contributed by atoms with Gasteiger partial charge in [-0.2, -0.15) is 0 Å². The molecule has 2 aromatic carbocycles. The minimum absolute atomic E-state index is 0. The summed E-state index contributed by atoms with van der Waals surface area (Å²) in [6, 6.07) is 29.0. The molecule has 1 radical (unpaired) electrons. The molecular weight excluding hydrogens is 640 g/mol. The monoisotopic (exact) mass is 665 g/mol. The summed E-state index contributed by atoms with van der Waals surface area (Å²) in [4.78, 5) is 12.9. The van der Waals surface area contributed by atoms with Crippen molar-refractivity contribution < 1.29 is 44.7 Å². The van der Waals surface area contributed by atoms with Gasteiger partial charge in [0.2, 0.25) is 0 Å². The van der Waals surface area contributed by atoms with Crippen molar-refractivity contribution in [1.29, 1.82) is 0 Å². The molecule has 0 atom stereocenters. The van der Waals surface area contributed by atoms with Crippen molar-refractivity contribution in [2.75, 3.05) is 0 Å². The molecule has 0 aliphatic carbocycles. The average molecular weight is 665 g/mol. The molecule has 0 spiro atoms. The van der Waals surface area contributed by atoms with Gasteiger partial charge in [0.1, 0.15) is 0 Å². The molecule has 0 amide bonds. The van der Waals surface area contributed by atoms with Gasteiger partial charge in [0.15, 0.2) is 0 Å². The van der Waals surface area contributed by atoms with Crippen molar-refractivity contribution in [3.63, 3.8) is 0 Å². The summed E-state index contributed by atoms with van der Waals surface area (Å²) in [7, 11) is -10.7. The van der Waals surface area contributed by atoms with Crippen LogP contribution < -0.4 is 0 Å². The van der Waals surface area contributed by atoms with E-state index in [0.717, 1.165) is 45.5 Å². The van der Waals surface area contributed by atoms with E-state index in [0.29, 0.717) is 0 Å². The maximum absolute atomic E-state index is 10.7. The normalized spacial score (nSPS) is 11.4. The Bertz CT molecular complexity index is 1350. The van der Waals surface area contributed by atoms with Crippen LogP contribution in [-0.2, 0) is 19.5 Å². The number of rotatable bonds is 1. The van der Waals surface area contributed by atoms with Gasteiger partial charge in [-0.3, -0.25) is 9.97 Å². The molecule has 3 heterocycles. The zero-order valence-corrected chi connectivity index (χ0v) is 23.8. The third-order valence-corrected chi connectivity index (χ3v) is 3.99. The maximum atomic E-state index is 9.87. The predicted octanol–water partition coefficient (Wildman–Crippen LogP) is 10.0. The van der Waals surface area contributed by atoms with E-state index in [1.54, 1.807) is 32.4 Å². The molecule has 5 nitrogen and oxygen atoms in total. The van der Waals surface area contributed by atoms with E-state index in [4.69, 9.17) is 10.8 Å². The third kappa shape index (κ3) is 17.1. The van der Waals surface area contributed by atoms with E-state index in [9.17, 15) is 25.2 Å². The number of aromatic nitrogens is 3. The fraction of sp³-hybridized carbons (Fsp3) is 0.0741. The summed E-state index contributed by atoms with van der Waals surface area (Å²) in [6.07, 6.45) is 7.39. The molecule has 0 saturated heterocycles. The Morgan fingerprint density at radius 1 is 0.625 bits per heavy atom. The van der Waals surface area contributed by atoms with Crippen LogP contribution in [0.4, 0.5) is 25.2 Å². The smallest absolute Gasteiger partial charge is 0.305 e. The van der Waals surface area contributed by atoms with Crippen molar-refractivity contribution in [2.45, 2.75) is 13.8 Å². The quantitative estimate of drug-likeness (QED) is 0.0447. The molecule has 213 valence electrons. The summed E-state index contributed by atoms with van der Waals surface area (Å²) in [5.74, 6) is 0. The van der Waals surface area contributed by atoms with Gasteiger partial charge < -0.3 is 15.8 Å². The molecule has 3 aromatic heterocycles. The molecule has 0 N–H and O–H groups in total. The molecular formula is C27H24F6N5PRu-. The molecule has 13 heteroatoms. The standard InChI is InChI=1S/C12H8N2.C11H8N.2C2H4N.F6P.Ru/c1-3-9-5-6-10-4-2-8-14-12(10)11(9)13-7-1;1-2-6-10(7-3-1)11-8-4-5-9-12-11;2*1-2-3;1-7(2,3,4,5)6;/h1-8H;1-6,8-9H;2*2H,1H3;;/q;4*-1;+3. The Labute approximate surface area is 240 Å². The number of nitrogens with zero attached hydrogens (tertiary/aromatic N) is 5. The molecule has 0 saturated carbocycles. The van der Waals surface area contributed by atoms with E-state index in [-0.39, 0.29) is 19.5 Å². The SMILES string of the molecule is CC=[N-].CC=[N-].F[P-](F)(F)(F)(F)F.[Ru+3].[c-]1ccccc1-c1ccccn1.c1cnc2c(c1)ccc1cccnc12. The van der Waals surface area contributed by atoms with Crippen molar-refractivity contribution in [3.05, 3.63) is 114 Å². The fourth-order valence-corrected chi connectivity index (χ4v) is 2.75. The fourth-order valence-electron chi connectivity index (χ4n) is 2.75. The van der Waals surface area contributed by atoms with Crippen LogP contribution in [0.3, 0.4) is 0 Å². The van der Waals surface area contributed by atoms with Crippen LogP contribution in [0.5, 0.6) is 0 Å². The Kier molecular flexibility index (Phi) is 14.4. The Morgan fingerprint density at radius 2 is 1.05 bits per heavy atom. The van der Waals surface area contributed by atoms with Crippen LogP contribution in [0.25, 0.3) is 43.9 Å². The van der Waals surface area contributed by atoms with Crippen LogP contribution in [-0.4, -0.2) is 27.4 Å². The number of benzene rings is 2. The number of fused-ring (bicyclic) bond motifs is 3. The Morgan fingerprint density at radius 3 is 1.43 bits per heavy atom. The first-order valence-corrected chi connectivity index (χ1v) is 13.1. The number of pyridine rings is 3. The first-order valence-electron chi connectivity index (χ1n) is 11.1. The number of hydrogen-bond acceptors (Lipinski definition) is 3. The molecule has 0 aliphatic heterocycles. The van der Waals surface area contributed by atoms with Gasteiger partial charge >= 0.3 is 52.5 Å². The van der Waals surface area contributed by atoms with Gasteiger partial charge in [-0.05, 0) is 23.9 Å². The first-order chi connectivity index (χ1) is 18.2. The average Bonchev–Trinajstić information content (AvgIpc) is 2.89. The van der Waals surface area contributed by atoms with E-state index < -0.39 is 7.81 Å². The van der Waals surface area contributed by atoms with Crippen molar-refractivity contribution in [1.82, 2.24) is 15.0 Å². The van der Waals surface area contributed by atoms with Gasteiger partial charge in [0.25, 0.3) is 0 Å². The molecule has 0 aliphatic rings. The van der Waals surface area contributed by atoms with Gasteiger partial charge in [-0.15, -0.1) is 35.9 Å². The summed E-state index contributed by atoms with van der Waals surface area (Å²) in [6.45, 7) is 3.11. The molecule has 0 unspecified atom stereocenters. The van der Waals surface area contributed by atoms with Crippen molar-refractivity contribution >= 4 is 42.0 Å². The summed E-state index contributed by atoms with van der Waals surface area (Å²) in [5.41, 5.74) is 3.97. The predicted molar refractivity (Wildman–Crippen MR) is 149 cm³/mol. The van der Waals surface area contributed by atoms with Crippen LogP contribution in [0.1, 0.15) is 13.8 Å². The zero-order chi connectivity index (χ0) is 29.4. The van der Waals surface area contributed by atoms with Crippen LogP contribution in [0, 0.1) is 6.07 Å². The van der Waals surface area contributed by atoms with Gasteiger partial charge in [0, 0.05) is 29.4 Å². The molecule has 0 bridgehead atoms. The van der Waals surface area contributed by atoms with E-state index >= 15 is 0 Å². The minimum Gasteiger partial charge on any atom is -0.305 e. The van der Waals surface area contributed by atoms with Gasteiger partial charge in [-0.1, -0.05) is 50.2 Å². The van der Waals surface area contributed by atoms with Gasteiger partial charge in [0.05, 0.1) is 11.0 Å². The van der Waals surface area contributed by atoms with Crippen LogP contribution >= 0.6 is 7.81 Å². The second-order valence-electron chi connectivity index (χ2n) is 7.18. The second kappa shape index (κ2) is 15.8. The third-order valence-electron chi connectivity index (χ3n) is 3.99. The van der Waals surface area contributed by atoms with Crippen molar-refractivity contribution in [3.8, 4) is 11.3 Å².